The first-order valence-electron chi connectivity index (χ1n) is 7.07. The number of sulfonamides is 1. The Balaban J connectivity index is 1.96. The fourth-order valence-corrected chi connectivity index (χ4v) is 4.51. The van der Waals surface area contributed by atoms with Crippen LogP contribution in [0.1, 0.15) is 32.6 Å². The molecule has 6 heteroatoms. The highest BCUT2D eigenvalue weighted by Crippen LogP contribution is 2.34. The van der Waals surface area contributed by atoms with Crippen molar-refractivity contribution in [1.29, 1.82) is 0 Å². The maximum atomic E-state index is 11.6. The molecule has 0 saturated carbocycles. The van der Waals surface area contributed by atoms with E-state index < -0.39 is 15.6 Å². The van der Waals surface area contributed by atoms with Crippen LogP contribution >= 0.6 is 0 Å². The predicted molar refractivity (Wildman–Crippen MR) is 75.4 cm³/mol. The van der Waals surface area contributed by atoms with E-state index in [0.29, 0.717) is 32.1 Å². The summed E-state index contributed by atoms with van der Waals surface area (Å²) in [5, 5.41) is 10.7. The second-order valence-electron chi connectivity index (χ2n) is 6.53. The zero-order chi connectivity index (χ0) is 14.3. The van der Waals surface area contributed by atoms with Crippen molar-refractivity contribution in [3.8, 4) is 0 Å². The second kappa shape index (κ2) is 5.31. The summed E-state index contributed by atoms with van der Waals surface area (Å²) in [6, 6.07) is 0.402. The van der Waals surface area contributed by atoms with Crippen LogP contribution in [0.25, 0.3) is 0 Å². The van der Waals surface area contributed by atoms with Gasteiger partial charge in [-0.05, 0) is 45.6 Å². The van der Waals surface area contributed by atoms with E-state index in [1.807, 2.05) is 7.05 Å². The number of rotatable bonds is 3. The van der Waals surface area contributed by atoms with Crippen molar-refractivity contribution in [3.63, 3.8) is 0 Å². The van der Waals surface area contributed by atoms with Gasteiger partial charge >= 0.3 is 0 Å². The molecule has 2 rings (SSSR count). The second-order valence-corrected chi connectivity index (χ2v) is 8.51. The third kappa shape index (κ3) is 3.68. The van der Waals surface area contributed by atoms with Gasteiger partial charge in [-0.15, -0.1) is 0 Å². The van der Waals surface area contributed by atoms with E-state index in [-0.39, 0.29) is 5.92 Å². The third-order valence-corrected chi connectivity index (χ3v) is 5.86. The van der Waals surface area contributed by atoms with Crippen LogP contribution in [-0.4, -0.2) is 67.3 Å². The van der Waals surface area contributed by atoms with Gasteiger partial charge in [-0.2, -0.15) is 0 Å². The van der Waals surface area contributed by atoms with Crippen molar-refractivity contribution in [3.05, 3.63) is 0 Å². The van der Waals surface area contributed by atoms with E-state index in [1.165, 1.54) is 6.26 Å². The van der Waals surface area contributed by atoms with E-state index in [9.17, 15) is 13.5 Å². The van der Waals surface area contributed by atoms with E-state index in [1.54, 1.807) is 4.31 Å². The van der Waals surface area contributed by atoms with Crippen LogP contribution in [0, 0.1) is 5.92 Å². The zero-order valence-electron chi connectivity index (χ0n) is 12.2. The van der Waals surface area contributed by atoms with Crippen molar-refractivity contribution >= 4 is 10.0 Å². The summed E-state index contributed by atoms with van der Waals surface area (Å²) in [6.45, 7) is 4.02. The molecule has 2 saturated heterocycles. The van der Waals surface area contributed by atoms with Gasteiger partial charge in [0.2, 0.25) is 10.0 Å². The normalized spacial score (nSPS) is 38.7. The van der Waals surface area contributed by atoms with Gasteiger partial charge < -0.3 is 10.0 Å². The Kier molecular flexibility index (Phi) is 4.26. The molecule has 2 fully saturated rings. The minimum atomic E-state index is -3.09. The monoisotopic (exact) mass is 290 g/mol. The van der Waals surface area contributed by atoms with Crippen molar-refractivity contribution in [2.24, 2.45) is 5.92 Å². The Labute approximate surface area is 116 Å². The van der Waals surface area contributed by atoms with E-state index in [2.05, 4.69) is 11.8 Å². The quantitative estimate of drug-likeness (QED) is 0.822. The molecule has 0 aromatic heterocycles. The molecule has 0 aromatic carbocycles. The molecule has 0 spiro atoms. The Bertz CT molecular complexity index is 414. The first kappa shape index (κ1) is 15.2. The molecule has 1 N–H and O–H groups in total. The highest BCUT2D eigenvalue weighted by atomic mass is 32.2. The summed E-state index contributed by atoms with van der Waals surface area (Å²) in [5.74, 6) is 0.284. The molecular formula is C13H26N2O3S. The average Bonchev–Trinajstić information content (AvgIpc) is 2.51. The Morgan fingerprint density at radius 1 is 1.42 bits per heavy atom. The first-order chi connectivity index (χ1) is 8.70. The van der Waals surface area contributed by atoms with Crippen molar-refractivity contribution in [2.75, 3.05) is 32.9 Å². The third-order valence-electron chi connectivity index (χ3n) is 4.59. The van der Waals surface area contributed by atoms with Gasteiger partial charge in [-0.1, -0.05) is 0 Å². The largest absolute Gasteiger partial charge is 0.388 e. The number of likely N-dealkylation sites (N-methyl/N-ethyl adjacent to an activating group) is 1. The maximum absolute atomic E-state index is 11.6. The summed E-state index contributed by atoms with van der Waals surface area (Å²) in [6.07, 6.45) is 4.70. The lowest BCUT2D eigenvalue weighted by Crippen LogP contribution is -2.43. The summed E-state index contributed by atoms with van der Waals surface area (Å²) in [5.41, 5.74) is -0.640. The highest BCUT2D eigenvalue weighted by Gasteiger charge is 2.41. The molecule has 19 heavy (non-hydrogen) atoms. The van der Waals surface area contributed by atoms with Gasteiger partial charge in [0.05, 0.1) is 11.9 Å². The number of nitrogens with zero attached hydrogens (tertiary/aromatic N) is 2. The molecule has 2 heterocycles. The topological polar surface area (TPSA) is 60.9 Å². The fraction of sp³-hybridized carbons (Fsp3) is 1.00. The van der Waals surface area contributed by atoms with Crippen LogP contribution < -0.4 is 0 Å². The van der Waals surface area contributed by atoms with Crippen molar-refractivity contribution in [2.45, 2.75) is 44.2 Å². The molecule has 112 valence electrons. The molecule has 0 aliphatic carbocycles. The number of likely N-dealkylation sites (tertiary alicyclic amines) is 1. The van der Waals surface area contributed by atoms with Gasteiger partial charge in [0.25, 0.3) is 0 Å². The Morgan fingerprint density at radius 2 is 2.11 bits per heavy atom. The molecule has 3 atom stereocenters. The molecule has 0 aromatic rings. The fourth-order valence-electron chi connectivity index (χ4n) is 3.57. The summed E-state index contributed by atoms with van der Waals surface area (Å²) in [4.78, 5) is 2.18. The maximum Gasteiger partial charge on any atom is 0.211 e. The minimum absolute atomic E-state index is 0.284. The minimum Gasteiger partial charge on any atom is -0.388 e. The smallest absolute Gasteiger partial charge is 0.211 e. The van der Waals surface area contributed by atoms with Crippen LogP contribution in [0.5, 0.6) is 0 Å². The number of hydrogen-bond donors (Lipinski definition) is 1. The van der Waals surface area contributed by atoms with Crippen LogP contribution in [0.15, 0.2) is 0 Å². The van der Waals surface area contributed by atoms with Crippen molar-refractivity contribution in [1.82, 2.24) is 9.21 Å². The number of β-amino-alcohol motifs (C(OH)–C–C–N with tert-alkyl or cyclic N) is 1. The molecule has 2 aliphatic rings. The summed E-state index contributed by atoms with van der Waals surface area (Å²) in [7, 11) is -1.06. The average molecular weight is 290 g/mol. The lowest BCUT2D eigenvalue weighted by atomic mass is 9.85. The Hall–Kier alpha value is -0.170. The van der Waals surface area contributed by atoms with Gasteiger partial charge in [-0.25, -0.2) is 12.7 Å². The van der Waals surface area contributed by atoms with Crippen LogP contribution in [0.3, 0.4) is 0 Å². The van der Waals surface area contributed by atoms with Gasteiger partial charge in [0, 0.05) is 25.7 Å². The highest BCUT2D eigenvalue weighted by molar-refractivity contribution is 7.88. The standard InChI is InChI=1S/C13H26N2O3S/c1-11-7-13(16,10-14(11)2)8-12-5-4-6-15(9-12)19(3,17)18/h11-12,16H,4-10H2,1-3H3. The number of aliphatic hydroxyl groups is 1. The zero-order valence-corrected chi connectivity index (χ0v) is 13.0. The van der Waals surface area contributed by atoms with Gasteiger partial charge in [0.15, 0.2) is 0 Å². The van der Waals surface area contributed by atoms with Crippen LogP contribution in [0.4, 0.5) is 0 Å². The summed E-state index contributed by atoms with van der Waals surface area (Å²) >= 11 is 0. The molecule has 0 radical (unpaired) electrons. The van der Waals surface area contributed by atoms with E-state index in [4.69, 9.17) is 0 Å². The molecule has 3 unspecified atom stereocenters. The Morgan fingerprint density at radius 3 is 2.63 bits per heavy atom. The van der Waals surface area contributed by atoms with E-state index >= 15 is 0 Å². The molecule has 5 nitrogen and oxygen atoms in total. The van der Waals surface area contributed by atoms with Crippen molar-refractivity contribution < 1.29 is 13.5 Å². The van der Waals surface area contributed by atoms with Crippen LogP contribution in [0.2, 0.25) is 0 Å². The predicted octanol–water partition coefficient (Wildman–Crippen LogP) is 0.503. The number of hydrogen-bond acceptors (Lipinski definition) is 4. The van der Waals surface area contributed by atoms with Gasteiger partial charge in [-0.3, -0.25) is 0 Å². The SMILES string of the molecule is CC1CC(O)(CC2CCCN(S(C)(=O)=O)C2)CN1C. The lowest BCUT2D eigenvalue weighted by Gasteiger charge is -2.35. The van der Waals surface area contributed by atoms with E-state index in [0.717, 1.165) is 19.3 Å². The van der Waals surface area contributed by atoms with Gasteiger partial charge in [0.1, 0.15) is 0 Å². The lowest BCUT2D eigenvalue weighted by molar-refractivity contribution is 0.0181. The first-order valence-corrected chi connectivity index (χ1v) is 8.92. The molecule has 0 amide bonds. The molecular weight excluding hydrogens is 264 g/mol. The summed E-state index contributed by atoms with van der Waals surface area (Å²) < 4.78 is 24.8. The molecule has 0 bridgehead atoms. The number of piperidine rings is 1. The molecule has 2 aliphatic heterocycles. The van der Waals surface area contributed by atoms with Crippen LogP contribution in [-0.2, 0) is 10.0 Å².